The maximum Gasteiger partial charge on any atom is 0.258 e. The van der Waals surface area contributed by atoms with Gasteiger partial charge in [-0.2, -0.15) is 5.10 Å². The van der Waals surface area contributed by atoms with Crippen molar-refractivity contribution in [1.29, 1.82) is 0 Å². The first kappa shape index (κ1) is 18.4. The van der Waals surface area contributed by atoms with Crippen molar-refractivity contribution in [1.82, 2.24) is 19.5 Å². The third-order valence-electron chi connectivity index (χ3n) is 5.24. The molecule has 0 radical (unpaired) electrons. The second-order valence-corrected chi connectivity index (χ2v) is 7.01. The molecule has 0 unspecified atom stereocenters. The molecule has 146 valence electrons. The van der Waals surface area contributed by atoms with Gasteiger partial charge in [0.2, 0.25) is 0 Å². The minimum atomic E-state index is -0.462. The zero-order chi connectivity index (χ0) is 20.0. The number of hydrogen-bond donors (Lipinski definition) is 1. The fourth-order valence-electron chi connectivity index (χ4n) is 3.49. The molecule has 28 heavy (non-hydrogen) atoms. The number of aromatic nitrogens is 3. The Kier molecular flexibility index (Phi) is 4.50. The zero-order valence-corrected chi connectivity index (χ0v) is 16.1. The molecule has 3 heterocycles. The van der Waals surface area contributed by atoms with Crippen molar-refractivity contribution < 1.29 is 13.9 Å². The molecular weight excluding hydrogens is 361 g/mol. The fourth-order valence-corrected chi connectivity index (χ4v) is 3.49. The Labute approximate surface area is 161 Å². The minimum absolute atomic E-state index is 0.203. The van der Waals surface area contributed by atoms with Gasteiger partial charge in [0.1, 0.15) is 18.2 Å². The monoisotopic (exact) mass is 383 g/mol. The number of benzene rings is 1. The fraction of sp³-hybridized carbons (Fsp3) is 0.350. The summed E-state index contributed by atoms with van der Waals surface area (Å²) in [5.74, 6) is -0.491. The molecule has 1 aliphatic heterocycles. The van der Waals surface area contributed by atoms with Crippen LogP contribution in [0.3, 0.4) is 0 Å². The van der Waals surface area contributed by atoms with E-state index in [1.165, 1.54) is 18.2 Å². The summed E-state index contributed by atoms with van der Waals surface area (Å²) >= 11 is 0. The van der Waals surface area contributed by atoms with Crippen LogP contribution in [0, 0.1) is 26.6 Å². The summed E-state index contributed by atoms with van der Waals surface area (Å²) < 4.78 is 20.9. The van der Waals surface area contributed by atoms with E-state index in [0.717, 1.165) is 33.9 Å². The summed E-state index contributed by atoms with van der Waals surface area (Å²) in [6, 6.07) is 3.92. The topological polar surface area (TPSA) is 85.8 Å². The van der Waals surface area contributed by atoms with Crippen LogP contribution in [0.15, 0.2) is 18.2 Å². The van der Waals surface area contributed by atoms with Crippen LogP contribution in [0.25, 0.3) is 5.65 Å². The smallest absolute Gasteiger partial charge is 0.258 e. The Hall–Kier alpha value is -3.00. The Balaban J connectivity index is 1.66. The van der Waals surface area contributed by atoms with Crippen LogP contribution in [0.5, 0.6) is 5.75 Å². The highest BCUT2D eigenvalue weighted by Gasteiger charge is 2.31. The first-order chi connectivity index (χ1) is 13.4. The highest BCUT2D eigenvalue weighted by molar-refractivity contribution is 5.97. The molecule has 0 atom stereocenters. The van der Waals surface area contributed by atoms with Gasteiger partial charge in [0, 0.05) is 29.6 Å². The largest absolute Gasteiger partial charge is 0.491 e. The normalized spacial score (nSPS) is 13.2. The molecule has 1 amide bonds. The number of halogens is 1. The van der Waals surface area contributed by atoms with E-state index in [-0.39, 0.29) is 24.8 Å². The average Bonchev–Trinajstić information content (AvgIpc) is 3.23. The van der Waals surface area contributed by atoms with Crippen LogP contribution in [0.2, 0.25) is 0 Å². The van der Waals surface area contributed by atoms with Crippen molar-refractivity contribution in [2.75, 3.05) is 13.2 Å². The van der Waals surface area contributed by atoms with Gasteiger partial charge < -0.3 is 15.4 Å². The van der Waals surface area contributed by atoms with Gasteiger partial charge >= 0.3 is 0 Å². The first-order valence-corrected chi connectivity index (χ1v) is 9.16. The van der Waals surface area contributed by atoms with Gasteiger partial charge in [-0.25, -0.2) is 13.9 Å². The predicted molar refractivity (Wildman–Crippen MR) is 102 cm³/mol. The number of carbonyl (C=O) groups excluding carboxylic acids is 1. The lowest BCUT2D eigenvalue weighted by Crippen LogP contribution is -2.27. The number of nitrogens with two attached hydrogens (primary N) is 1. The number of ether oxygens (including phenoxy) is 1. The molecule has 1 aromatic carbocycles. The summed E-state index contributed by atoms with van der Waals surface area (Å²) in [6.45, 7) is 7.28. The van der Waals surface area contributed by atoms with Gasteiger partial charge in [-0.1, -0.05) is 0 Å². The average molecular weight is 383 g/mol. The number of carbonyl (C=O) groups is 1. The second kappa shape index (κ2) is 6.87. The lowest BCUT2D eigenvalue weighted by atomic mass is 10.1. The predicted octanol–water partition coefficient (Wildman–Crippen LogP) is 2.29. The number of rotatable bonds is 4. The van der Waals surface area contributed by atoms with Crippen LogP contribution in [-0.2, 0) is 13.1 Å². The van der Waals surface area contributed by atoms with Crippen LogP contribution < -0.4 is 10.5 Å². The Morgan fingerprint density at radius 3 is 2.82 bits per heavy atom. The number of nitrogens with zero attached hydrogens (tertiary/aromatic N) is 4. The van der Waals surface area contributed by atoms with Crippen molar-refractivity contribution in [2.24, 2.45) is 5.73 Å². The summed E-state index contributed by atoms with van der Waals surface area (Å²) in [5, 5.41) is 4.66. The van der Waals surface area contributed by atoms with Crippen LogP contribution in [-0.4, -0.2) is 38.6 Å². The van der Waals surface area contributed by atoms with Crippen LogP contribution in [0.1, 0.15) is 38.6 Å². The van der Waals surface area contributed by atoms with Crippen molar-refractivity contribution in [2.45, 2.75) is 33.9 Å². The maximum absolute atomic E-state index is 13.6. The molecule has 0 aliphatic carbocycles. The zero-order valence-electron chi connectivity index (χ0n) is 16.1. The first-order valence-electron chi connectivity index (χ1n) is 9.16. The van der Waals surface area contributed by atoms with Gasteiger partial charge in [-0.3, -0.25) is 4.79 Å². The molecule has 2 N–H and O–H groups in total. The van der Waals surface area contributed by atoms with E-state index in [2.05, 4.69) is 10.1 Å². The van der Waals surface area contributed by atoms with Crippen LogP contribution >= 0.6 is 0 Å². The van der Waals surface area contributed by atoms with Gasteiger partial charge in [0.15, 0.2) is 5.65 Å². The van der Waals surface area contributed by atoms with Crippen molar-refractivity contribution in [3.05, 3.63) is 57.8 Å². The SMILES string of the molecule is Cc1nc2c3c(nn2c(C)c1C)CN(C(=O)c1ccc(F)cc1OCCN)C3. The van der Waals surface area contributed by atoms with E-state index in [1.807, 2.05) is 25.3 Å². The van der Waals surface area contributed by atoms with E-state index in [1.54, 1.807) is 4.90 Å². The van der Waals surface area contributed by atoms with Gasteiger partial charge in [-0.05, 0) is 38.5 Å². The summed E-state index contributed by atoms with van der Waals surface area (Å²) in [7, 11) is 0. The van der Waals surface area contributed by atoms with E-state index >= 15 is 0 Å². The van der Waals surface area contributed by atoms with Crippen LogP contribution in [0.4, 0.5) is 4.39 Å². The molecule has 0 bridgehead atoms. The molecule has 3 aromatic rings. The maximum atomic E-state index is 13.6. The molecule has 8 heteroatoms. The van der Waals surface area contributed by atoms with Crippen molar-refractivity contribution in [3.63, 3.8) is 0 Å². The van der Waals surface area contributed by atoms with E-state index in [0.29, 0.717) is 18.7 Å². The highest BCUT2D eigenvalue weighted by atomic mass is 19.1. The molecule has 0 fully saturated rings. The molecule has 0 spiro atoms. The Morgan fingerprint density at radius 2 is 2.07 bits per heavy atom. The second-order valence-electron chi connectivity index (χ2n) is 7.01. The van der Waals surface area contributed by atoms with Gasteiger partial charge in [0.05, 0.1) is 24.3 Å². The highest BCUT2D eigenvalue weighted by Crippen LogP contribution is 2.30. The van der Waals surface area contributed by atoms with Crippen molar-refractivity contribution in [3.8, 4) is 5.75 Å². The number of hydrogen-bond acceptors (Lipinski definition) is 5. The number of amides is 1. The third-order valence-corrected chi connectivity index (χ3v) is 5.24. The number of fused-ring (bicyclic) bond motifs is 3. The van der Waals surface area contributed by atoms with E-state index < -0.39 is 5.82 Å². The Bertz CT molecular complexity index is 1090. The van der Waals surface area contributed by atoms with Gasteiger partial charge in [0.25, 0.3) is 5.91 Å². The molecule has 4 rings (SSSR count). The summed E-state index contributed by atoms with van der Waals surface area (Å²) in [6.07, 6.45) is 0. The van der Waals surface area contributed by atoms with Crippen molar-refractivity contribution >= 4 is 11.6 Å². The summed E-state index contributed by atoms with van der Waals surface area (Å²) in [4.78, 5) is 19.4. The van der Waals surface area contributed by atoms with Gasteiger partial charge in [-0.15, -0.1) is 0 Å². The molecule has 0 saturated carbocycles. The Morgan fingerprint density at radius 1 is 1.29 bits per heavy atom. The molecule has 1 aliphatic rings. The number of aryl methyl sites for hydroxylation is 2. The quantitative estimate of drug-likeness (QED) is 0.747. The molecular formula is C20H22FN5O2. The molecule has 7 nitrogen and oxygen atoms in total. The minimum Gasteiger partial charge on any atom is -0.491 e. The van der Waals surface area contributed by atoms with E-state index in [4.69, 9.17) is 10.5 Å². The third kappa shape index (κ3) is 2.90. The summed E-state index contributed by atoms with van der Waals surface area (Å²) in [5.41, 5.74) is 11.4. The molecule has 0 saturated heterocycles. The molecule has 2 aromatic heterocycles. The van der Waals surface area contributed by atoms with E-state index in [9.17, 15) is 9.18 Å². The lowest BCUT2D eigenvalue weighted by Gasteiger charge is -2.18. The standard InChI is InChI=1S/C20H22FN5O2/c1-11-12(2)23-19-16-9-25(10-17(16)24-26(19)13(11)3)20(27)15-5-4-14(21)8-18(15)28-7-6-22/h4-5,8H,6-7,9-10,22H2,1-3H3. The lowest BCUT2D eigenvalue weighted by molar-refractivity contribution is 0.0745.